The van der Waals surface area contributed by atoms with Crippen molar-refractivity contribution in [2.75, 3.05) is 12.0 Å². The lowest BCUT2D eigenvalue weighted by Crippen LogP contribution is -2.50. The van der Waals surface area contributed by atoms with Gasteiger partial charge in [0.2, 0.25) is 5.91 Å². The van der Waals surface area contributed by atoms with Crippen LogP contribution in [-0.4, -0.2) is 41.9 Å². The first kappa shape index (κ1) is 21.5. The molecule has 0 rings (SSSR count). The molecule has 132 valence electrons. The molecule has 0 fully saturated rings. The second-order valence-electron chi connectivity index (χ2n) is 6.42. The number of ether oxygens (including phenoxy) is 1. The van der Waals surface area contributed by atoms with Crippen LogP contribution < -0.4 is 10.6 Å². The molecule has 2 amide bonds. The van der Waals surface area contributed by atoms with E-state index in [2.05, 4.69) is 10.6 Å². The number of rotatable bonds is 8. The number of thioether (sulfide) groups is 1. The summed E-state index contributed by atoms with van der Waals surface area (Å²) < 4.78 is 5.16. The molecule has 0 aromatic carbocycles. The maximum Gasteiger partial charge on any atom is 0.408 e. The van der Waals surface area contributed by atoms with Crippen LogP contribution in [0.3, 0.4) is 0 Å². The fraction of sp³-hybridized carbons (Fsp3) is 0.688. The molecule has 0 saturated heterocycles. The second kappa shape index (κ2) is 10.3. The Morgan fingerprint density at radius 3 is 2.30 bits per heavy atom. The van der Waals surface area contributed by atoms with E-state index < -0.39 is 23.6 Å². The molecule has 0 aliphatic carbocycles. The molecule has 1 unspecified atom stereocenters. The van der Waals surface area contributed by atoms with Crippen molar-refractivity contribution in [3.63, 3.8) is 0 Å². The molecule has 0 aliphatic rings. The first-order chi connectivity index (χ1) is 10.6. The van der Waals surface area contributed by atoms with Gasteiger partial charge in [-0.3, -0.25) is 9.59 Å². The molecule has 0 radical (unpaired) electrons. The number of aldehydes is 1. The van der Waals surface area contributed by atoms with Gasteiger partial charge in [0.1, 0.15) is 11.6 Å². The zero-order chi connectivity index (χ0) is 18.0. The molecule has 0 bridgehead atoms. The second-order valence-corrected chi connectivity index (χ2v) is 7.40. The maximum atomic E-state index is 12.3. The first-order valence-corrected chi connectivity index (χ1v) is 8.94. The number of amides is 2. The van der Waals surface area contributed by atoms with Crippen LogP contribution in [0.2, 0.25) is 0 Å². The van der Waals surface area contributed by atoms with Crippen LogP contribution in [0.5, 0.6) is 0 Å². The molecule has 0 heterocycles. The average Bonchev–Trinajstić information content (AvgIpc) is 2.41. The molecule has 2 N–H and O–H groups in total. The van der Waals surface area contributed by atoms with Crippen LogP contribution in [0.1, 0.15) is 41.0 Å². The summed E-state index contributed by atoms with van der Waals surface area (Å²) in [6.07, 6.45) is 4.26. The van der Waals surface area contributed by atoms with Gasteiger partial charge in [-0.15, -0.1) is 0 Å². The Morgan fingerprint density at radius 1 is 1.26 bits per heavy atom. The predicted octanol–water partition coefficient (Wildman–Crippen LogP) is 2.49. The minimum atomic E-state index is -0.784. The number of nitrogens with one attached hydrogen (secondary N) is 2. The summed E-state index contributed by atoms with van der Waals surface area (Å²) in [5.41, 5.74) is -0.436. The van der Waals surface area contributed by atoms with E-state index in [0.717, 1.165) is 5.75 Å². The molecular formula is C16H28N2O4S. The molecular weight excluding hydrogens is 316 g/mol. The van der Waals surface area contributed by atoms with Crippen molar-refractivity contribution < 1.29 is 19.1 Å². The molecule has 1 atom stereocenters. The van der Waals surface area contributed by atoms with Gasteiger partial charge in [0, 0.05) is 0 Å². The zero-order valence-electron chi connectivity index (χ0n) is 14.8. The monoisotopic (exact) mass is 344 g/mol. The topological polar surface area (TPSA) is 84.5 Å². The Bertz CT molecular complexity index is 442. The standard InChI is InChI=1S/C16H28N2O4S/c1-11(2)13(18-15(21)22-16(3,4)5)14(20)17-12(10-19)8-7-9-23-6/h8,10-11,13H,7,9H2,1-6H3,(H,17,20)(H,18,21)/b12-8+. The number of carbonyl (C=O) groups excluding carboxylic acids is 3. The lowest BCUT2D eigenvalue weighted by molar-refractivity contribution is -0.124. The van der Waals surface area contributed by atoms with Crippen molar-refractivity contribution in [3.8, 4) is 0 Å². The van der Waals surface area contributed by atoms with E-state index in [1.807, 2.05) is 6.26 Å². The number of hydrogen-bond acceptors (Lipinski definition) is 5. The molecule has 7 heteroatoms. The van der Waals surface area contributed by atoms with E-state index in [1.165, 1.54) is 0 Å². The SMILES string of the molecule is CSCC/C=C(\C=O)NC(=O)C(NC(=O)OC(C)(C)C)C(C)C. The smallest absolute Gasteiger partial charge is 0.408 e. The summed E-state index contributed by atoms with van der Waals surface area (Å²) in [7, 11) is 0. The van der Waals surface area contributed by atoms with Crippen molar-refractivity contribution >= 4 is 30.0 Å². The molecule has 0 aliphatic heterocycles. The molecule has 6 nitrogen and oxygen atoms in total. The van der Waals surface area contributed by atoms with Gasteiger partial charge in [-0.1, -0.05) is 19.9 Å². The Labute approximate surface area is 142 Å². The highest BCUT2D eigenvalue weighted by Gasteiger charge is 2.27. The van der Waals surface area contributed by atoms with Crippen molar-refractivity contribution in [2.45, 2.75) is 52.7 Å². The number of hydrogen-bond donors (Lipinski definition) is 2. The van der Waals surface area contributed by atoms with Gasteiger partial charge in [-0.25, -0.2) is 4.79 Å². The fourth-order valence-corrected chi connectivity index (χ4v) is 2.00. The third-order valence-electron chi connectivity index (χ3n) is 2.70. The largest absolute Gasteiger partial charge is 0.444 e. The van der Waals surface area contributed by atoms with E-state index in [0.29, 0.717) is 12.7 Å². The van der Waals surface area contributed by atoms with Crippen molar-refractivity contribution in [1.82, 2.24) is 10.6 Å². The van der Waals surface area contributed by atoms with Crippen molar-refractivity contribution in [2.24, 2.45) is 5.92 Å². The van der Waals surface area contributed by atoms with Gasteiger partial charge in [0.25, 0.3) is 0 Å². The van der Waals surface area contributed by atoms with E-state index in [1.54, 1.807) is 52.5 Å². The van der Waals surface area contributed by atoms with Crippen LogP contribution in [0.15, 0.2) is 11.8 Å². The normalized spacial score (nSPS) is 13.4. The Balaban J connectivity index is 4.82. The van der Waals surface area contributed by atoms with Crippen LogP contribution in [0.4, 0.5) is 4.79 Å². The average molecular weight is 344 g/mol. The van der Waals surface area contributed by atoms with Gasteiger partial charge >= 0.3 is 6.09 Å². The number of alkyl carbamates (subject to hydrolysis) is 1. The summed E-state index contributed by atoms with van der Waals surface area (Å²) in [4.78, 5) is 35.2. The lowest BCUT2D eigenvalue weighted by atomic mass is 10.0. The van der Waals surface area contributed by atoms with E-state index >= 15 is 0 Å². The summed E-state index contributed by atoms with van der Waals surface area (Å²) in [5, 5.41) is 5.10. The molecule has 0 aromatic heterocycles. The van der Waals surface area contributed by atoms with E-state index in [4.69, 9.17) is 4.74 Å². The molecule has 0 aromatic rings. The number of carbonyl (C=O) groups is 3. The molecule has 23 heavy (non-hydrogen) atoms. The van der Waals surface area contributed by atoms with Crippen molar-refractivity contribution in [1.29, 1.82) is 0 Å². The summed E-state index contributed by atoms with van der Waals surface area (Å²) in [6, 6.07) is -0.784. The lowest BCUT2D eigenvalue weighted by Gasteiger charge is -2.25. The van der Waals surface area contributed by atoms with Crippen LogP contribution >= 0.6 is 11.8 Å². The van der Waals surface area contributed by atoms with Crippen LogP contribution in [0, 0.1) is 5.92 Å². The minimum absolute atomic E-state index is 0.151. The zero-order valence-corrected chi connectivity index (χ0v) is 15.6. The molecule has 0 saturated carbocycles. The van der Waals surface area contributed by atoms with Gasteiger partial charge < -0.3 is 15.4 Å². The van der Waals surface area contributed by atoms with Crippen molar-refractivity contribution in [3.05, 3.63) is 11.8 Å². The summed E-state index contributed by atoms with van der Waals surface area (Å²) in [5.74, 6) is 0.270. The van der Waals surface area contributed by atoms with Crippen LogP contribution in [-0.2, 0) is 14.3 Å². The molecule has 0 spiro atoms. The summed E-state index contributed by atoms with van der Waals surface area (Å²) in [6.45, 7) is 8.85. The number of allylic oxidation sites excluding steroid dienone is 2. The Kier molecular flexibility index (Phi) is 9.64. The summed E-state index contributed by atoms with van der Waals surface area (Å²) >= 11 is 1.65. The maximum absolute atomic E-state index is 12.3. The minimum Gasteiger partial charge on any atom is -0.444 e. The first-order valence-electron chi connectivity index (χ1n) is 7.55. The van der Waals surface area contributed by atoms with Gasteiger partial charge in [0.05, 0.1) is 5.70 Å². The third kappa shape index (κ3) is 9.99. The van der Waals surface area contributed by atoms with Gasteiger partial charge in [-0.2, -0.15) is 11.8 Å². The Morgan fingerprint density at radius 2 is 1.87 bits per heavy atom. The van der Waals surface area contributed by atoms with Crippen LogP contribution in [0.25, 0.3) is 0 Å². The third-order valence-corrected chi connectivity index (χ3v) is 3.35. The Hall–Kier alpha value is -1.50. The van der Waals surface area contributed by atoms with Gasteiger partial charge in [0.15, 0.2) is 6.29 Å². The quantitative estimate of drug-likeness (QED) is 0.401. The van der Waals surface area contributed by atoms with E-state index in [-0.39, 0.29) is 11.6 Å². The van der Waals surface area contributed by atoms with E-state index in [9.17, 15) is 14.4 Å². The highest BCUT2D eigenvalue weighted by molar-refractivity contribution is 7.98. The highest BCUT2D eigenvalue weighted by atomic mass is 32.2. The van der Waals surface area contributed by atoms with Gasteiger partial charge in [-0.05, 0) is 45.1 Å². The predicted molar refractivity (Wildman–Crippen MR) is 93.3 cm³/mol. The highest BCUT2D eigenvalue weighted by Crippen LogP contribution is 2.09. The fourth-order valence-electron chi connectivity index (χ4n) is 1.65.